The van der Waals surface area contributed by atoms with Crippen LogP contribution in [0.5, 0.6) is 0 Å². The molecule has 170 valence electrons. The van der Waals surface area contributed by atoms with Gasteiger partial charge in [0.05, 0.1) is 6.42 Å². The Hall–Kier alpha value is -2.99. The molecule has 0 saturated carbocycles. The number of carbonyl (C=O) groups excluding carboxylic acids is 2. The van der Waals surface area contributed by atoms with Gasteiger partial charge in [-0.15, -0.1) is 0 Å². The summed E-state index contributed by atoms with van der Waals surface area (Å²) in [7, 11) is -4.24. The fourth-order valence-corrected chi connectivity index (χ4v) is 4.43. The van der Waals surface area contributed by atoms with Gasteiger partial charge in [0.25, 0.3) is 5.91 Å². The van der Waals surface area contributed by atoms with E-state index >= 15 is 0 Å². The van der Waals surface area contributed by atoms with Crippen LogP contribution in [-0.4, -0.2) is 47.9 Å². The highest BCUT2D eigenvalue weighted by Crippen LogP contribution is 2.22. The Kier molecular flexibility index (Phi) is 7.46. The number of benzene rings is 2. The number of nitrogens with zero attached hydrogens (tertiary/aromatic N) is 1. The summed E-state index contributed by atoms with van der Waals surface area (Å²) in [5, 5.41) is 12.2. The van der Waals surface area contributed by atoms with Crippen molar-refractivity contribution in [1.29, 1.82) is 0 Å². The summed E-state index contributed by atoms with van der Waals surface area (Å²) in [6.45, 7) is -0.341. The molecule has 1 aliphatic rings. The molecule has 0 aliphatic carbocycles. The number of rotatable bonds is 9. The van der Waals surface area contributed by atoms with E-state index in [0.717, 1.165) is 4.31 Å². The molecule has 12 heteroatoms. The van der Waals surface area contributed by atoms with Gasteiger partial charge in [-0.05, 0) is 17.2 Å². The first-order chi connectivity index (χ1) is 15.2. The topological polar surface area (TPSA) is 142 Å². The van der Waals surface area contributed by atoms with Crippen LogP contribution in [0.1, 0.15) is 17.5 Å². The number of carboxylic acids is 1. The van der Waals surface area contributed by atoms with Crippen molar-refractivity contribution in [2.45, 2.75) is 31.8 Å². The van der Waals surface area contributed by atoms with Crippen LogP contribution in [0.25, 0.3) is 0 Å². The van der Waals surface area contributed by atoms with Gasteiger partial charge in [-0.3, -0.25) is 19.7 Å². The molecule has 32 heavy (non-hydrogen) atoms. The van der Waals surface area contributed by atoms with Crippen LogP contribution in [0, 0.1) is 0 Å². The van der Waals surface area contributed by atoms with Gasteiger partial charge < -0.3 is 9.84 Å². The van der Waals surface area contributed by atoms with Gasteiger partial charge in [0.2, 0.25) is 0 Å². The number of ether oxygens (including phenoxy) is 1. The highest BCUT2D eigenvalue weighted by Gasteiger charge is 2.46. The van der Waals surface area contributed by atoms with E-state index in [1.165, 1.54) is 0 Å². The molecule has 1 amide bonds. The third kappa shape index (κ3) is 5.82. The zero-order valence-electron chi connectivity index (χ0n) is 16.6. The van der Waals surface area contributed by atoms with E-state index in [1.54, 1.807) is 54.6 Å². The predicted molar refractivity (Wildman–Crippen MR) is 113 cm³/mol. The molecule has 1 fully saturated rings. The third-order valence-corrected chi connectivity index (χ3v) is 6.41. The maximum Gasteiger partial charge on any atom is 0.321 e. The summed E-state index contributed by atoms with van der Waals surface area (Å²) in [5.41, 5.74) is 1.13. The minimum Gasteiger partial charge on any atom is -0.480 e. The van der Waals surface area contributed by atoms with E-state index in [4.69, 9.17) is 16.3 Å². The Morgan fingerprint density at radius 1 is 1.16 bits per heavy atom. The van der Waals surface area contributed by atoms with Crippen LogP contribution in [0.3, 0.4) is 0 Å². The number of aliphatic carboxylic acids is 1. The Morgan fingerprint density at radius 3 is 2.47 bits per heavy atom. The molecule has 3 N–H and O–H groups in total. The van der Waals surface area contributed by atoms with Crippen molar-refractivity contribution in [1.82, 2.24) is 14.3 Å². The summed E-state index contributed by atoms with van der Waals surface area (Å²) in [5.74, 6) is -3.25. The largest absolute Gasteiger partial charge is 0.480 e. The highest BCUT2D eigenvalue weighted by molar-refractivity contribution is 7.88. The van der Waals surface area contributed by atoms with Crippen molar-refractivity contribution >= 4 is 39.7 Å². The molecule has 0 unspecified atom stereocenters. The lowest BCUT2D eigenvalue weighted by Crippen LogP contribution is -2.53. The number of amides is 1. The monoisotopic (exact) mass is 481 g/mol. The van der Waals surface area contributed by atoms with Crippen LogP contribution >= 0.6 is 11.6 Å². The lowest BCUT2D eigenvalue weighted by molar-refractivity contribution is -0.151. The molecule has 0 aromatic heterocycles. The van der Waals surface area contributed by atoms with Crippen LogP contribution in [0.2, 0.25) is 5.02 Å². The molecule has 2 aromatic carbocycles. The summed E-state index contributed by atoms with van der Waals surface area (Å²) >= 11 is 6.09. The maximum absolute atomic E-state index is 12.4. The van der Waals surface area contributed by atoms with Gasteiger partial charge in [-0.1, -0.05) is 60.1 Å². The average molecular weight is 482 g/mol. The molecule has 2 atom stereocenters. The summed E-state index contributed by atoms with van der Waals surface area (Å²) in [6.07, 6.45) is -2.18. The average Bonchev–Trinajstić information content (AvgIpc) is 2.96. The van der Waals surface area contributed by atoms with E-state index in [-0.39, 0.29) is 18.2 Å². The number of hydrogen-bond acceptors (Lipinski definition) is 7. The molecular formula is C20H20ClN3O7S. The van der Waals surface area contributed by atoms with Crippen molar-refractivity contribution in [2.75, 3.05) is 0 Å². The normalized spacial score (nSPS) is 18.7. The Labute approximate surface area is 189 Å². The standard InChI is InChI=1S/C20H20ClN3O7S/c21-15-9-5-4-8-14(15)11-24-18(19(26)23-32(24,29)30)22-16(20(27)28)10-17(25)31-12-13-6-2-1-3-7-13/h1-9,16,18,22H,10-12H2,(H,23,26)(H,27,28)/t16-,18+/m0/s1. The summed E-state index contributed by atoms with van der Waals surface area (Å²) in [6, 6.07) is 13.7. The molecule has 1 heterocycles. The molecule has 10 nitrogen and oxygen atoms in total. The van der Waals surface area contributed by atoms with Crippen LogP contribution in [-0.2, 0) is 42.5 Å². The van der Waals surface area contributed by atoms with Gasteiger partial charge in [-0.25, -0.2) is 4.72 Å². The Balaban J connectivity index is 1.71. The SMILES string of the molecule is O=C(C[C@H](N[C@H]1C(=O)NS(=O)(=O)N1Cc1ccccc1Cl)C(=O)O)OCc1ccccc1. The fraction of sp³-hybridized carbons (Fsp3) is 0.250. The number of nitrogens with one attached hydrogen (secondary N) is 2. The molecule has 3 rings (SSSR count). The predicted octanol–water partition coefficient (Wildman–Crippen LogP) is 1.02. The Morgan fingerprint density at radius 2 is 1.81 bits per heavy atom. The molecule has 0 spiro atoms. The van der Waals surface area contributed by atoms with Crippen LogP contribution < -0.4 is 10.0 Å². The molecule has 2 aromatic rings. The van der Waals surface area contributed by atoms with Crippen molar-refractivity contribution < 1.29 is 32.6 Å². The first-order valence-electron chi connectivity index (χ1n) is 9.42. The van der Waals surface area contributed by atoms with E-state index in [0.29, 0.717) is 11.1 Å². The quantitative estimate of drug-likeness (QED) is 0.450. The zero-order chi connectivity index (χ0) is 23.3. The molecule has 1 aliphatic heterocycles. The summed E-state index contributed by atoms with van der Waals surface area (Å²) < 4.78 is 32.5. The molecule has 0 bridgehead atoms. The zero-order valence-corrected chi connectivity index (χ0v) is 18.2. The molecule has 1 saturated heterocycles. The summed E-state index contributed by atoms with van der Waals surface area (Å²) in [4.78, 5) is 36.1. The molecular weight excluding hydrogens is 462 g/mol. The van der Waals surface area contributed by atoms with Gasteiger partial charge in [0.15, 0.2) is 6.17 Å². The number of esters is 1. The number of carboxylic acid groups (broad SMARTS) is 1. The van der Waals surface area contributed by atoms with Gasteiger partial charge in [0, 0.05) is 11.6 Å². The minimum atomic E-state index is -4.24. The maximum atomic E-state index is 12.4. The van der Waals surface area contributed by atoms with E-state index < -0.39 is 46.7 Å². The second kappa shape index (κ2) is 10.1. The van der Waals surface area contributed by atoms with Crippen LogP contribution in [0.4, 0.5) is 0 Å². The van der Waals surface area contributed by atoms with Gasteiger partial charge in [0.1, 0.15) is 12.6 Å². The van der Waals surface area contributed by atoms with Crippen LogP contribution in [0.15, 0.2) is 54.6 Å². The first-order valence-corrected chi connectivity index (χ1v) is 11.2. The van der Waals surface area contributed by atoms with E-state index in [9.17, 15) is 27.9 Å². The highest BCUT2D eigenvalue weighted by atomic mass is 35.5. The fourth-order valence-electron chi connectivity index (χ4n) is 3.01. The van der Waals surface area contributed by atoms with Crippen molar-refractivity contribution in [3.8, 4) is 0 Å². The van der Waals surface area contributed by atoms with Crippen molar-refractivity contribution in [3.63, 3.8) is 0 Å². The lowest BCUT2D eigenvalue weighted by Gasteiger charge is -2.24. The number of hydrogen-bond donors (Lipinski definition) is 3. The smallest absolute Gasteiger partial charge is 0.321 e. The Bertz CT molecular complexity index is 1110. The third-order valence-electron chi connectivity index (χ3n) is 4.63. The minimum absolute atomic E-state index is 0.0526. The van der Waals surface area contributed by atoms with Gasteiger partial charge >= 0.3 is 22.1 Å². The number of carbonyl (C=O) groups is 3. The van der Waals surface area contributed by atoms with Gasteiger partial charge in [-0.2, -0.15) is 12.7 Å². The number of halogens is 1. The van der Waals surface area contributed by atoms with E-state index in [2.05, 4.69) is 5.32 Å². The van der Waals surface area contributed by atoms with E-state index in [1.807, 2.05) is 4.72 Å². The van der Waals surface area contributed by atoms with Crippen molar-refractivity contribution in [3.05, 3.63) is 70.7 Å². The second-order valence-corrected chi connectivity index (χ2v) is 8.95. The lowest BCUT2D eigenvalue weighted by atomic mass is 10.2. The first kappa shape index (κ1) is 23.7. The van der Waals surface area contributed by atoms with Crippen molar-refractivity contribution in [2.24, 2.45) is 0 Å². The second-order valence-electron chi connectivity index (χ2n) is 6.92. The molecule has 0 radical (unpaired) electrons.